The first-order chi connectivity index (χ1) is 9.40. The minimum Gasteiger partial charge on any atom is -0.444 e. The third kappa shape index (κ3) is 6.79. The second kappa shape index (κ2) is 7.54. The number of rotatable bonds is 5. The first-order valence-corrected chi connectivity index (χ1v) is 6.81. The van der Waals surface area contributed by atoms with E-state index in [1.54, 1.807) is 0 Å². The summed E-state index contributed by atoms with van der Waals surface area (Å²) in [5.41, 5.74) is 0.614. The van der Waals surface area contributed by atoms with Crippen molar-refractivity contribution in [1.29, 1.82) is 5.26 Å². The zero-order chi connectivity index (χ0) is 15.0. The van der Waals surface area contributed by atoms with Crippen LogP contribution in [-0.4, -0.2) is 17.7 Å². The predicted molar refractivity (Wildman–Crippen MR) is 78.2 cm³/mol. The summed E-state index contributed by atoms with van der Waals surface area (Å²) in [7, 11) is 0. The van der Waals surface area contributed by atoms with E-state index in [2.05, 4.69) is 11.4 Å². The molecule has 0 spiro atoms. The van der Waals surface area contributed by atoms with Gasteiger partial charge < -0.3 is 10.1 Å². The van der Waals surface area contributed by atoms with Gasteiger partial charge in [-0.3, -0.25) is 0 Å². The van der Waals surface area contributed by atoms with Crippen LogP contribution in [-0.2, 0) is 11.2 Å². The van der Waals surface area contributed by atoms with Crippen molar-refractivity contribution in [1.82, 2.24) is 5.32 Å². The Morgan fingerprint density at radius 1 is 1.35 bits per heavy atom. The number of ether oxygens (including phenoxy) is 1. The van der Waals surface area contributed by atoms with Crippen LogP contribution >= 0.6 is 0 Å². The Kier molecular flexibility index (Phi) is 6.05. The van der Waals surface area contributed by atoms with Crippen LogP contribution in [0.15, 0.2) is 30.3 Å². The van der Waals surface area contributed by atoms with Gasteiger partial charge in [0.15, 0.2) is 0 Å². The summed E-state index contributed by atoms with van der Waals surface area (Å²) in [5.74, 6) is 0. The van der Waals surface area contributed by atoms with E-state index < -0.39 is 11.7 Å². The molecular formula is C16H22N2O2. The van der Waals surface area contributed by atoms with Gasteiger partial charge in [0.25, 0.3) is 0 Å². The molecule has 0 fully saturated rings. The highest BCUT2D eigenvalue weighted by atomic mass is 16.6. The van der Waals surface area contributed by atoms with Gasteiger partial charge in [-0.2, -0.15) is 5.26 Å². The lowest BCUT2D eigenvalue weighted by atomic mass is 10.0. The Balaban J connectivity index is 2.60. The van der Waals surface area contributed by atoms with E-state index in [4.69, 9.17) is 10.00 Å². The quantitative estimate of drug-likeness (QED) is 0.894. The van der Waals surface area contributed by atoms with Gasteiger partial charge in [-0.05, 0) is 39.2 Å². The molecule has 0 heterocycles. The van der Waals surface area contributed by atoms with Crippen LogP contribution < -0.4 is 5.32 Å². The van der Waals surface area contributed by atoms with Crippen molar-refractivity contribution in [2.75, 3.05) is 0 Å². The molecule has 20 heavy (non-hydrogen) atoms. The lowest BCUT2D eigenvalue weighted by Crippen LogP contribution is -2.40. The number of hydrogen-bond donors (Lipinski definition) is 1. The minimum atomic E-state index is -0.517. The number of alkyl carbamates (subject to hydrolysis) is 1. The smallest absolute Gasteiger partial charge is 0.407 e. The molecule has 0 unspecified atom stereocenters. The largest absolute Gasteiger partial charge is 0.444 e. The lowest BCUT2D eigenvalue weighted by Gasteiger charge is -2.23. The number of nitrogens with zero attached hydrogens (tertiary/aromatic N) is 1. The van der Waals surface area contributed by atoms with Crippen LogP contribution in [0.25, 0.3) is 0 Å². The fourth-order valence-corrected chi connectivity index (χ4v) is 1.84. The van der Waals surface area contributed by atoms with E-state index in [0.29, 0.717) is 19.3 Å². The molecular weight excluding hydrogens is 252 g/mol. The van der Waals surface area contributed by atoms with Crippen molar-refractivity contribution < 1.29 is 9.53 Å². The summed E-state index contributed by atoms with van der Waals surface area (Å²) in [6.07, 6.45) is 1.29. The molecule has 0 aliphatic heterocycles. The first kappa shape index (κ1) is 16.0. The minimum absolute atomic E-state index is 0.0908. The predicted octanol–water partition coefficient (Wildman–Crippen LogP) is 3.43. The van der Waals surface area contributed by atoms with Gasteiger partial charge in [-0.25, -0.2) is 4.79 Å². The van der Waals surface area contributed by atoms with E-state index in [-0.39, 0.29) is 6.04 Å². The maximum atomic E-state index is 11.8. The molecule has 1 amide bonds. The number of benzene rings is 1. The highest BCUT2D eigenvalue weighted by Gasteiger charge is 2.19. The highest BCUT2D eigenvalue weighted by molar-refractivity contribution is 5.68. The second-order valence-electron chi connectivity index (χ2n) is 5.73. The van der Waals surface area contributed by atoms with Crippen molar-refractivity contribution in [3.05, 3.63) is 35.9 Å². The average molecular weight is 274 g/mol. The Bertz CT molecular complexity index is 458. The van der Waals surface area contributed by atoms with Crippen LogP contribution in [0.1, 0.15) is 39.2 Å². The first-order valence-electron chi connectivity index (χ1n) is 6.81. The molecule has 0 saturated heterocycles. The number of nitriles is 1. The number of carbonyl (C=O) groups excluding carboxylic acids is 1. The molecule has 1 N–H and O–H groups in total. The van der Waals surface area contributed by atoms with E-state index in [0.717, 1.165) is 5.56 Å². The van der Waals surface area contributed by atoms with Gasteiger partial charge in [0.2, 0.25) is 0 Å². The summed E-state index contributed by atoms with van der Waals surface area (Å²) < 4.78 is 5.25. The van der Waals surface area contributed by atoms with Crippen molar-refractivity contribution in [2.45, 2.75) is 51.7 Å². The Labute approximate surface area is 120 Å². The van der Waals surface area contributed by atoms with Gasteiger partial charge in [-0.15, -0.1) is 0 Å². The monoisotopic (exact) mass is 274 g/mol. The Hall–Kier alpha value is -2.02. The van der Waals surface area contributed by atoms with E-state index in [9.17, 15) is 4.79 Å². The van der Waals surface area contributed by atoms with E-state index in [1.807, 2.05) is 51.1 Å². The molecule has 0 aliphatic carbocycles. The van der Waals surface area contributed by atoms with Gasteiger partial charge in [0.05, 0.1) is 6.07 Å². The molecule has 1 aromatic rings. The van der Waals surface area contributed by atoms with E-state index in [1.165, 1.54) is 0 Å². The molecule has 1 atom stereocenters. The molecule has 1 rings (SSSR count). The fraction of sp³-hybridized carbons (Fsp3) is 0.500. The van der Waals surface area contributed by atoms with Crippen molar-refractivity contribution in [3.63, 3.8) is 0 Å². The normalized spacial score (nSPS) is 12.3. The maximum Gasteiger partial charge on any atom is 0.407 e. The molecule has 0 bridgehead atoms. The molecule has 108 valence electrons. The molecule has 4 heteroatoms. The van der Waals surface area contributed by atoms with Crippen molar-refractivity contribution >= 4 is 6.09 Å². The average Bonchev–Trinajstić information content (AvgIpc) is 2.35. The molecule has 1 aromatic carbocycles. The Morgan fingerprint density at radius 3 is 2.55 bits per heavy atom. The molecule has 0 radical (unpaired) electrons. The fourth-order valence-electron chi connectivity index (χ4n) is 1.84. The van der Waals surface area contributed by atoms with Crippen LogP contribution in [0.3, 0.4) is 0 Å². The van der Waals surface area contributed by atoms with Crippen LogP contribution in [0.4, 0.5) is 4.79 Å². The second-order valence-corrected chi connectivity index (χ2v) is 5.73. The third-order valence-electron chi connectivity index (χ3n) is 2.65. The van der Waals surface area contributed by atoms with Gasteiger partial charge in [-0.1, -0.05) is 30.3 Å². The highest BCUT2D eigenvalue weighted by Crippen LogP contribution is 2.10. The van der Waals surface area contributed by atoms with Gasteiger partial charge in [0, 0.05) is 12.5 Å². The van der Waals surface area contributed by atoms with Crippen LogP contribution in [0.5, 0.6) is 0 Å². The molecule has 0 aliphatic rings. The summed E-state index contributed by atoms with van der Waals surface area (Å²) in [4.78, 5) is 11.8. The Morgan fingerprint density at radius 2 is 2.00 bits per heavy atom. The topological polar surface area (TPSA) is 62.1 Å². The van der Waals surface area contributed by atoms with Crippen LogP contribution in [0.2, 0.25) is 0 Å². The summed E-state index contributed by atoms with van der Waals surface area (Å²) in [5, 5.41) is 11.6. The number of carbonyl (C=O) groups is 1. The SMILES string of the molecule is CC(C)(C)OC(=O)N[C@H](CCC#N)Cc1ccccc1. The molecule has 4 nitrogen and oxygen atoms in total. The van der Waals surface area contributed by atoms with Gasteiger partial charge >= 0.3 is 6.09 Å². The lowest BCUT2D eigenvalue weighted by molar-refractivity contribution is 0.0502. The van der Waals surface area contributed by atoms with Crippen molar-refractivity contribution in [2.24, 2.45) is 0 Å². The van der Waals surface area contributed by atoms with E-state index >= 15 is 0 Å². The number of hydrogen-bond acceptors (Lipinski definition) is 3. The number of nitrogens with one attached hydrogen (secondary N) is 1. The third-order valence-corrected chi connectivity index (χ3v) is 2.65. The summed E-state index contributed by atoms with van der Waals surface area (Å²) >= 11 is 0. The summed E-state index contributed by atoms with van der Waals surface area (Å²) in [6.45, 7) is 5.48. The molecule has 0 aromatic heterocycles. The zero-order valence-corrected chi connectivity index (χ0v) is 12.3. The van der Waals surface area contributed by atoms with Crippen molar-refractivity contribution in [3.8, 4) is 6.07 Å². The number of amides is 1. The maximum absolute atomic E-state index is 11.8. The summed E-state index contributed by atoms with van der Waals surface area (Å²) in [6, 6.07) is 11.9. The van der Waals surface area contributed by atoms with Crippen LogP contribution in [0, 0.1) is 11.3 Å². The zero-order valence-electron chi connectivity index (χ0n) is 12.3. The standard InChI is InChI=1S/C16H22N2O2/c1-16(2,3)20-15(19)18-14(10-7-11-17)12-13-8-5-4-6-9-13/h4-6,8-9,14H,7,10,12H2,1-3H3,(H,18,19)/t14-/m1/s1. The van der Waals surface area contributed by atoms with Gasteiger partial charge in [0.1, 0.15) is 5.60 Å². The molecule has 0 saturated carbocycles.